The van der Waals surface area contributed by atoms with E-state index >= 15 is 0 Å². The topological polar surface area (TPSA) is 115 Å². The number of thioether (sulfide) groups is 1. The number of para-hydroxylation sites is 1. The summed E-state index contributed by atoms with van der Waals surface area (Å²) in [5.41, 5.74) is 9.62. The lowest BCUT2D eigenvalue weighted by Crippen LogP contribution is -2.19. The lowest BCUT2D eigenvalue weighted by Gasteiger charge is -2.11. The molecule has 0 spiro atoms. The van der Waals surface area contributed by atoms with Crippen LogP contribution in [0.25, 0.3) is 27.5 Å². The van der Waals surface area contributed by atoms with E-state index in [2.05, 4.69) is 20.5 Å². The molecule has 34 heavy (non-hydrogen) atoms. The van der Waals surface area contributed by atoms with Crippen LogP contribution in [0.5, 0.6) is 0 Å². The summed E-state index contributed by atoms with van der Waals surface area (Å²) in [6.07, 6.45) is 5.64. The monoisotopic (exact) mass is 488 g/mol. The first-order valence-electron chi connectivity index (χ1n) is 11.0. The summed E-state index contributed by atoms with van der Waals surface area (Å²) >= 11 is 2.77. The van der Waals surface area contributed by atoms with Crippen molar-refractivity contribution in [2.45, 2.75) is 30.8 Å². The number of nitrogens with two attached hydrogens (primary N) is 1. The third kappa shape index (κ3) is 3.41. The molecule has 4 heterocycles. The van der Waals surface area contributed by atoms with Gasteiger partial charge in [-0.05, 0) is 49.4 Å². The molecular formula is C24H20N6O2S2. The number of aromatic nitrogens is 4. The second-order valence-corrected chi connectivity index (χ2v) is 10.2. The highest BCUT2D eigenvalue weighted by Crippen LogP contribution is 2.38. The average molecular weight is 489 g/mol. The van der Waals surface area contributed by atoms with Crippen LogP contribution < -0.4 is 11.1 Å². The predicted molar refractivity (Wildman–Crippen MR) is 135 cm³/mol. The minimum atomic E-state index is -0.488. The van der Waals surface area contributed by atoms with Crippen LogP contribution in [0.4, 0.5) is 5.00 Å². The molecule has 3 N–H and O–H groups in total. The van der Waals surface area contributed by atoms with Crippen molar-refractivity contribution in [1.82, 2.24) is 19.6 Å². The zero-order valence-electron chi connectivity index (χ0n) is 18.1. The summed E-state index contributed by atoms with van der Waals surface area (Å²) in [6, 6.07) is 11.8. The summed E-state index contributed by atoms with van der Waals surface area (Å²) in [5, 5.41) is 14.8. The highest BCUT2D eigenvalue weighted by molar-refractivity contribution is 7.99. The fourth-order valence-electron chi connectivity index (χ4n) is 4.63. The second-order valence-electron chi connectivity index (χ2n) is 8.17. The van der Waals surface area contributed by atoms with Gasteiger partial charge in [-0.25, -0.2) is 0 Å². The summed E-state index contributed by atoms with van der Waals surface area (Å²) in [5.74, 6) is -0.576. The lowest BCUT2D eigenvalue weighted by molar-refractivity contribution is -0.113. The van der Waals surface area contributed by atoms with Crippen LogP contribution in [-0.2, 0) is 17.6 Å². The molecule has 10 heteroatoms. The van der Waals surface area contributed by atoms with Crippen molar-refractivity contribution in [1.29, 1.82) is 0 Å². The van der Waals surface area contributed by atoms with Crippen molar-refractivity contribution >= 4 is 67.4 Å². The summed E-state index contributed by atoms with van der Waals surface area (Å²) in [7, 11) is 0. The van der Waals surface area contributed by atoms with Crippen LogP contribution in [0.2, 0.25) is 0 Å². The number of hydrogen-bond acceptors (Lipinski definition) is 7. The number of carbonyl (C=O) groups is 2. The molecule has 1 aromatic carbocycles. The first-order chi connectivity index (χ1) is 16.6. The maximum atomic E-state index is 12.9. The highest BCUT2D eigenvalue weighted by Gasteiger charge is 2.25. The number of pyridine rings is 2. The number of nitrogens with one attached hydrogen (secondary N) is 1. The van der Waals surface area contributed by atoms with Gasteiger partial charge in [-0.15, -0.1) is 21.5 Å². The Labute approximate surface area is 202 Å². The zero-order valence-corrected chi connectivity index (χ0v) is 19.7. The van der Waals surface area contributed by atoms with Crippen LogP contribution in [0, 0.1) is 0 Å². The van der Waals surface area contributed by atoms with Gasteiger partial charge in [-0.2, -0.15) is 0 Å². The molecule has 0 radical (unpaired) electrons. The highest BCUT2D eigenvalue weighted by atomic mass is 32.2. The van der Waals surface area contributed by atoms with E-state index < -0.39 is 5.91 Å². The maximum absolute atomic E-state index is 12.9. The van der Waals surface area contributed by atoms with Crippen LogP contribution in [-0.4, -0.2) is 37.1 Å². The van der Waals surface area contributed by atoms with Gasteiger partial charge in [0.05, 0.1) is 22.3 Å². The van der Waals surface area contributed by atoms with Crippen LogP contribution in [0.1, 0.15) is 33.6 Å². The third-order valence-electron chi connectivity index (χ3n) is 6.09. The molecule has 0 atom stereocenters. The van der Waals surface area contributed by atoms with Gasteiger partial charge in [0.1, 0.15) is 5.00 Å². The Morgan fingerprint density at radius 2 is 1.91 bits per heavy atom. The summed E-state index contributed by atoms with van der Waals surface area (Å²) in [6.45, 7) is 0. The molecule has 1 aliphatic rings. The largest absolute Gasteiger partial charge is 0.365 e. The van der Waals surface area contributed by atoms with Gasteiger partial charge in [0.25, 0.3) is 5.91 Å². The van der Waals surface area contributed by atoms with Crippen molar-refractivity contribution in [2.24, 2.45) is 5.73 Å². The molecule has 170 valence electrons. The Hall–Kier alpha value is -3.50. The van der Waals surface area contributed by atoms with Gasteiger partial charge >= 0.3 is 0 Å². The smallest absolute Gasteiger partial charge is 0.251 e. The van der Waals surface area contributed by atoms with Crippen LogP contribution in [0.15, 0.2) is 47.8 Å². The van der Waals surface area contributed by atoms with Crippen molar-refractivity contribution in [3.63, 3.8) is 0 Å². The average Bonchev–Trinajstić information content (AvgIpc) is 3.44. The molecule has 6 rings (SSSR count). The van der Waals surface area contributed by atoms with Crippen molar-refractivity contribution in [3.05, 3.63) is 58.6 Å². The standard InChI is InChI=1S/C24H20N6O2S2/c25-21(32)19-14-7-2-4-10-17(14)34-23(19)27-18(31)12-33-24-29-28-22-15-8-5-11-26-20(15)13-6-1-3-9-16(13)30(22)24/h1,3,5-6,8-9,11H,2,4,7,10,12H2,(H2,25,32)(H,27,31). The molecule has 4 aromatic heterocycles. The normalized spacial score (nSPS) is 13.4. The molecule has 0 saturated heterocycles. The Bertz CT molecular complexity index is 1610. The molecule has 0 aliphatic heterocycles. The van der Waals surface area contributed by atoms with E-state index in [1.807, 2.05) is 40.8 Å². The summed E-state index contributed by atoms with van der Waals surface area (Å²) < 4.78 is 1.97. The molecule has 5 aromatic rings. The molecule has 2 amide bonds. The fourth-order valence-corrected chi connectivity index (χ4v) is 6.69. The summed E-state index contributed by atoms with van der Waals surface area (Å²) in [4.78, 5) is 30.7. The van der Waals surface area contributed by atoms with Gasteiger partial charge in [-0.3, -0.25) is 19.0 Å². The van der Waals surface area contributed by atoms with Crippen molar-refractivity contribution < 1.29 is 9.59 Å². The van der Waals surface area contributed by atoms with E-state index in [4.69, 9.17) is 5.73 Å². The zero-order chi connectivity index (χ0) is 23.2. The number of nitrogens with zero attached hydrogens (tertiary/aromatic N) is 4. The number of anilines is 1. The van der Waals surface area contributed by atoms with Gasteiger partial charge in [0.2, 0.25) is 5.91 Å². The van der Waals surface area contributed by atoms with Gasteiger partial charge in [0, 0.05) is 21.8 Å². The SMILES string of the molecule is NC(=O)c1c(NC(=O)CSc2nnc3c4cccnc4c4ccccc4n23)sc2c1CCCC2. The number of hydrogen-bond donors (Lipinski definition) is 2. The Balaban J connectivity index is 1.31. The van der Waals surface area contributed by atoms with Gasteiger partial charge < -0.3 is 11.1 Å². The fraction of sp³-hybridized carbons (Fsp3) is 0.208. The number of carbonyl (C=O) groups excluding carboxylic acids is 2. The van der Waals surface area contributed by atoms with Gasteiger partial charge in [0.15, 0.2) is 10.8 Å². The Kier molecular flexibility index (Phi) is 5.19. The number of aryl methyl sites for hydroxylation is 1. The number of fused-ring (bicyclic) bond motifs is 7. The number of amides is 2. The lowest BCUT2D eigenvalue weighted by atomic mass is 9.95. The first-order valence-corrected chi connectivity index (χ1v) is 12.8. The first kappa shape index (κ1) is 21.1. The molecule has 0 unspecified atom stereocenters. The van der Waals surface area contributed by atoms with Crippen molar-refractivity contribution in [3.8, 4) is 0 Å². The predicted octanol–water partition coefficient (Wildman–Crippen LogP) is 4.20. The van der Waals surface area contributed by atoms with Gasteiger partial charge in [-0.1, -0.05) is 30.0 Å². The van der Waals surface area contributed by atoms with Crippen LogP contribution in [0.3, 0.4) is 0 Å². The number of benzene rings is 1. The molecule has 0 bridgehead atoms. The number of primary amides is 1. The maximum Gasteiger partial charge on any atom is 0.251 e. The third-order valence-corrected chi connectivity index (χ3v) is 8.22. The van der Waals surface area contributed by atoms with E-state index in [9.17, 15) is 9.59 Å². The van der Waals surface area contributed by atoms with E-state index in [0.717, 1.165) is 57.9 Å². The van der Waals surface area contributed by atoms with Crippen molar-refractivity contribution in [2.75, 3.05) is 11.1 Å². The Morgan fingerprint density at radius 3 is 2.79 bits per heavy atom. The molecular weight excluding hydrogens is 468 g/mol. The number of thiophene rings is 1. The van der Waals surface area contributed by atoms with E-state index in [1.54, 1.807) is 6.20 Å². The molecule has 8 nitrogen and oxygen atoms in total. The minimum Gasteiger partial charge on any atom is -0.365 e. The molecule has 1 aliphatic carbocycles. The quantitative estimate of drug-likeness (QED) is 0.283. The Morgan fingerprint density at radius 1 is 1.09 bits per heavy atom. The van der Waals surface area contributed by atoms with E-state index in [-0.39, 0.29) is 11.7 Å². The number of rotatable bonds is 5. The minimum absolute atomic E-state index is 0.126. The van der Waals surface area contributed by atoms with E-state index in [1.165, 1.54) is 23.1 Å². The molecule has 0 fully saturated rings. The second kappa shape index (κ2) is 8.37. The van der Waals surface area contributed by atoms with E-state index in [0.29, 0.717) is 21.4 Å². The molecule has 0 saturated carbocycles. The van der Waals surface area contributed by atoms with Crippen LogP contribution >= 0.6 is 23.1 Å².